The molecule has 5 nitrogen and oxygen atoms in total. The number of hydrogen-bond acceptors (Lipinski definition) is 4. The Hall–Kier alpha value is -0.630. The molecular weight excluding hydrogens is 322 g/mol. The van der Waals surface area contributed by atoms with Gasteiger partial charge < -0.3 is 0 Å². The van der Waals surface area contributed by atoms with Crippen LogP contribution in [0.4, 0.5) is 0 Å². The zero-order chi connectivity index (χ0) is 15.1. The molecule has 0 amide bonds. The van der Waals surface area contributed by atoms with Crippen molar-refractivity contribution in [3.8, 4) is 0 Å². The molecular formula is C12H16ClNO4S2. The second-order valence-corrected chi connectivity index (χ2v) is 9.72. The summed E-state index contributed by atoms with van der Waals surface area (Å²) in [7, 11) is -6.86. The minimum absolute atomic E-state index is 0.0183. The highest BCUT2D eigenvalue weighted by atomic mass is 35.5. The average molecular weight is 338 g/mol. The average Bonchev–Trinajstić information content (AvgIpc) is 2.29. The van der Waals surface area contributed by atoms with Crippen LogP contribution in [0.15, 0.2) is 23.1 Å². The van der Waals surface area contributed by atoms with E-state index in [1.165, 1.54) is 10.4 Å². The topological polar surface area (TPSA) is 71.5 Å². The molecule has 20 heavy (non-hydrogen) atoms. The Balaban J connectivity index is 2.25. The summed E-state index contributed by atoms with van der Waals surface area (Å²) in [5.41, 5.74) is 0.594. The van der Waals surface area contributed by atoms with E-state index in [1.54, 1.807) is 26.0 Å². The van der Waals surface area contributed by atoms with Crippen molar-refractivity contribution >= 4 is 31.5 Å². The number of aryl methyl sites for hydroxylation is 1. The molecule has 112 valence electrons. The number of benzene rings is 1. The smallest absolute Gasteiger partial charge is 0.228 e. The predicted octanol–water partition coefficient (Wildman–Crippen LogP) is 1.46. The SMILES string of the molecule is CCS(=O)(=O)C1CN(S(=O)(=O)c2cc(Cl)ccc2C)C1. The van der Waals surface area contributed by atoms with Gasteiger partial charge >= 0.3 is 0 Å². The Morgan fingerprint density at radius 3 is 2.40 bits per heavy atom. The molecule has 1 fully saturated rings. The van der Waals surface area contributed by atoms with E-state index >= 15 is 0 Å². The highest BCUT2D eigenvalue weighted by Crippen LogP contribution is 2.28. The van der Waals surface area contributed by atoms with Gasteiger partial charge in [-0.1, -0.05) is 24.6 Å². The van der Waals surface area contributed by atoms with E-state index in [9.17, 15) is 16.8 Å². The van der Waals surface area contributed by atoms with Gasteiger partial charge in [0.2, 0.25) is 10.0 Å². The third-order valence-electron chi connectivity index (χ3n) is 3.49. The van der Waals surface area contributed by atoms with Crippen LogP contribution in [0.1, 0.15) is 12.5 Å². The third kappa shape index (κ3) is 2.72. The van der Waals surface area contributed by atoms with Gasteiger partial charge in [0.25, 0.3) is 0 Å². The van der Waals surface area contributed by atoms with Gasteiger partial charge in [0, 0.05) is 23.9 Å². The van der Waals surface area contributed by atoms with Crippen LogP contribution in [0.2, 0.25) is 5.02 Å². The van der Waals surface area contributed by atoms with Crippen molar-refractivity contribution in [3.63, 3.8) is 0 Å². The predicted molar refractivity (Wildman–Crippen MR) is 78.2 cm³/mol. The lowest BCUT2D eigenvalue weighted by molar-refractivity contribution is 0.309. The first-order valence-electron chi connectivity index (χ1n) is 6.16. The minimum atomic E-state index is -3.67. The van der Waals surface area contributed by atoms with E-state index in [-0.39, 0.29) is 23.7 Å². The van der Waals surface area contributed by atoms with Crippen molar-refractivity contribution in [3.05, 3.63) is 28.8 Å². The van der Waals surface area contributed by atoms with E-state index in [4.69, 9.17) is 11.6 Å². The zero-order valence-electron chi connectivity index (χ0n) is 11.2. The van der Waals surface area contributed by atoms with E-state index in [0.717, 1.165) is 0 Å². The van der Waals surface area contributed by atoms with Crippen molar-refractivity contribution in [2.75, 3.05) is 18.8 Å². The number of hydrogen-bond donors (Lipinski definition) is 0. The molecule has 1 aliphatic heterocycles. The molecule has 0 radical (unpaired) electrons. The van der Waals surface area contributed by atoms with Crippen molar-refractivity contribution in [1.82, 2.24) is 4.31 Å². The van der Waals surface area contributed by atoms with E-state index in [1.807, 2.05) is 0 Å². The summed E-state index contributed by atoms with van der Waals surface area (Å²) in [6, 6.07) is 4.65. The summed E-state index contributed by atoms with van der Waals surface area (Å²) in [5.74, 6) is 0.0295. The summed E-state index contributed by atoms with van der Waals surface area (Å²) in [4.78, 5) is 0.136. The van der Waals surface area contributed by atoms with Crippen LogP contribution in [0.3, 0.4) is 0 Å². The van der Waals surface area contributed by atoms with Crippen LogP contribution in [-0.4, -0.2) is 45.2 Å². The van der Waals surface area contributed by atoms with Crippen LogP contribution in [-0.2, 0) is 19.9 Å². The van der Waals surface area contributed by atoms with Crippen LogP contribution in [0.25, 0.3) is 0 Å². The summed E-state index contributed by atoms with van der Waals surface area (Å²) in [6.07, 6.45) is 0. The first-order valence-corrected chi connectivity index (χ1v) is 9.69. The summed E-state index contributed by atoms with van der Waals surface area (Å²) >= 11 is 5.83. The summed E-state index contributed by atoms with van der Waals surface area (Å²) < 4.78 is 49.4. The minimum Gasteiger partial charge on any atom is -0.228 e. The maximum absolute atomic E-state index is 12.4. The first-order chi connectivity index (χ1) is 9.18. The Morgan fingerprint density at radius 2 is 1.85 bits per heavy atom. The van der Waals surface area contributed by atoms with Gasteiger partial charge in [-0.15, -0.1) is 0 Å². The number of rotatable bonds is 4. The second kappa shape index (κ2) is 5.29. The highest BCUT2D eigenvalue weighted by Gasteiger charge is 2.43. The molecule has 0 unspecified atom stereocenters. The largest absolute Gasteiger partial charge is 0.243 e. The molecule has 1 aromatic carbocycles. The molecule has 0 spiro atoms. The van der Waals surface area contributed by atoms with Crippen LogP contribution in [0.5, 0.6) is 0 Å². The van der Waals surface area contributed by atoms with Gasteiger partial charge in [-0.2, -0.15) is 4.31 Å². The number of nitrogens with zero attached hydrogens (tertiary/aromatic N) is 1. The zero-order valence-corrected chi connectivity index (χ0v) is 13.6. The van der Waals surface area contributed by atoms with Crippen molar-refractivity contribution in [2.45, 2.75) is 24.0 Å². The first kappa shape index (κ1) is 15.8. The normalized spacial score (nSPS) is 17.9. The van der Waals surface area contributed by atoms with Crippen LogP contribution in [0, 0.1) is 6.92 Å². The number of sulfonamides is 1. The monoisotopic (exact) mass is 337 g/mol. The fourth-order valence-corrected chi connectivity index (χ4v) is 5.54. The lowest BCUT2D eigenvalue weighted by Crippen LogP contribution is -2.57. The van der Waals surface area contributed by atoms with Gasteiger partial charge in [0.15, 0.2) is 9.84 Å². The van der Waals surface area contributed by atoms with E-state index < -0.39 is 25.1 Å². The van der Waals surface area contributed by atoms with Gasteiger partial charge in [-0.25, -0.2) is 16.8 Å². The molecule has 0 aliphatic carbocycles. The molecule has 1 saturated heterocycles. The fraction of sp³-hybridized carbons (Fsp3) is 0.500. The molecule has 0 aromatic heterocycles. The Bertz CT molecular complexity index is 722. The highest BCUT2D eigenvalue weighted by molar-refractivity contribution is 7.92. The molecule has 0 bridgehead atoms. The second-order valence-electron chi connectivity index (χ2n) is 4.81. The van der Waals surface area contributed by atoms with E-state index in [0.29, 0.717) is 10.6 Å². The lowest BCUT2D eigenvalue weighted by Gasteiger charge is -2.37. The van der Waals surface area contributed by atoms with Gasteiger partial charge in [0.05, 0.1) is 10.1 Å². The quantitative estimate of drug-likeness (QED) is 0.833. The molecule has 1 aliphatic rings. The molecule has 8 heteroatoms. The lowest BCUT2D eigenvalue weighted by atomic mass is 10.2. The maximum Gasteiger partial charge on any atom is 0.243 e. The summed E-state index contributed by atoms with van der Waals surface area (Å²) in [6.45, 7) is 3.28. The van der Waals surface area contributed by atoms with Gasteiger partial charge in [-0.05, 0) is 24.6 Å². The third-order valence-corrected chi connectivity index (χ3v) is 7.82. The molecule has 2 rings (SSSR count). The van der Waals surface area contributed by atoms with Gasteiger partial charge in [-0.3, -0.25) is 0 Å². The van der Waals surface area contributed by atoms with Crippen molar-refractivity contribution < 1.29 is 16.8 Å². The Labute approximate surface area is 124 Å². The molecule has 1 aromatic rings. The van der Waals surface area contributed by atoms with E-state index in [2.05, 4.69) is 0 Å². The number of halogens is 1. The molecule has 0 N–H and O–H groups in total. The van der Waals surface area contributed by atoms with Crippen LogP contribution < -0.4 is 0 Å². The molecule has 1 heterocycles. The van der Waals surface area contributed by atoms with Crippen molar-refractivity contribution in [1.29, 1.82) is 0 Å². The summed E-state index contributed by atoms with van der Waals surface area (Å²) in [5, 5.41) is -0.255. The Morgan fingerprint density at radius 1 is 1.25 bits per heavy atom. The van der Waals surface area contributed by atoms with Crippen LogP contribution >= 0.6 is 11.6 Å². The molecule has 0 saturated carbocycles. The van der Waals surface area contributed by atoms with Crippen molar-refractivity contribution in [2.24, 2.45) is 0 Å². The van der Waals surface area contributed by atoms with Gasteiger partial charge in [0.1, 0.15) is 0 Å². The number of sulfone groups is 1. The maximum atomic E-state index is 12.4. The molecule has 0 atom stereocenters. The fourth-order valence-electron chi connectivity index (χ4n) is 2.05. The Kier molecular flexibility index (Phi) is 4.17. The standard InChI is InChI=1S/C12H16ClNO4S2/c1-3-19(15,16)11-7-14(8-11)20(17,18)12-6-10(13)5-4-9(12)2/h4-6,11H,3,7-8H2,1-2H3.